The van der Waals surface area contributed by atoms with Crippen molar-refractivity contribution in [2.75, 3.05) is 11.1 Å². The Kier molecular flexibility index (Phi) is 3.79. The number of nitrogens with one attached hydrogen (secondary N) is 1. The minimum absolute atomic E-state index is 0.214. The third-order valence-corrected chi connectivity index (χ3v) is 2.63. The molecule has 0 saturated heterocycles. The van der Waals surface area contributed by atoms with Gasteiger partial charge in [0.15, 0.2) is 0 Å². The second kappa shape index (κ2) is 4.80. The minimum atomic E-state index is -0.509. The number of amides is 1. The van der Waals surface area contributed by atoms with E-state index in [1.54, 1.807) is 13.8 Å². The molecule has 100 valence electrons. The number of nitrogen functional groups attached to an aromatic ring is 1. The molecule has 1 amide bonds. The van der Waals surface area contributed by atoms with Gasteiger partial charge in [-0.05, 0) is 13.8 Å². The summed E-state index contributed by atoms with van der Waals surface area (Å²) < 4.78 is 0. The zero-order chi connectivity index (χ0) is 14.1. The van der Waals surface area contributed by atoms with Gasteiger partial charge in [0.05, 0.1) is 0 Å². The van der Waals surface area contributed by atoms with E-state index in [9.17, 15) is 4.79 Å². The summed E-state index contributed by atoms with van der Waals surface area (Å²) in [5, 5.41) is 2.96. The summed E-state index contributed by atoms with van der Waals surface area (Å²) in [6, 6.07) is -0.509. The number of aromatic nitrogens is 2. The van der Waals surface area contributed by atoms with E-state index in [1.807, 2.05) is 20.8 Å². The summed E-state index contributed by atoms with van der Waals surface area (Å²) in [6.45, 7) is 9.48. The molecule has 0 aliphatic carbocycles. The average Bonchev–Trinajstić information content (AvgIpc) is 2.22. The number of carbonyl (C=O) groups excluding carboxylic acids is 1. The van der Waals surface area contributed by atoms with E-state index >= 15 is 0 Å². The number of anilines is 2. The second-order valence-electron chi connectivity index (χ2n) is 5.42. The van der Waals surface area contributed by atoms with E-state index in [0.717, 1.165) is 5.56 Å². The van der Waals surface area contributed by atoms with Crippen LogP contribution in [0, 0.1) is 6.92 Å². The van der Waals surface area contributed by atoms with Crippen LogP contribution in [0.25, 0.3) is 0 Å². The van der Waals surface area contributed by atoms with Crippen LogP contribution in [-0.4, -0.2) is 21.9 Å². The summed E-state index contributed by atoms with van der Waals surface area (Å²) in [5.41, 5.74) is 11.6. The van der Waals surface area contributed by atoms with Crippen molar-refractivity contribution in [1.29, 1.82) is 0 Å². The monoisotopic (exact) mass is 251 g/mol. The first-order chi connectivity index (χ1) is 8.12. The number of hydrogen-bond acceptors (Lipinski definition) is 5. The summed E-state index contributed by atoms with van der Waals surface area (Å²) in [4.78, 5) is 19.8. The summed E-state index contributed by atoms with van der Waals surface area (Å²) in [7, 11) is 0. The zero-order valence-electron chi connectivity index (χ0n) is 11.5. The summed E-state index contributed by atoms with van der Waals surface area (Å²) in [6.07, 6.45) is 0. The minimum Gasteiger partial charge on any atom is -0.383 e. The van der Waals surface area contributed by atoms with Gasteiger partial charge in [0.1, 0.15) is 23.5 Å². The van der Waals surface area contributed by atoms with Crippen LogP contribution in [0.5, 0.6) is 0 Å². The van der Waals surface area contributed by atoms with Crippen molar-refractivity contribution in [3.05, 3.63) is 11.4 Å². The maximum absolute atomic E-state index is 11.1. The fourth-order valence-electron chi connectivity index (χ4n) is 1.29. The van der Waals surface area contributed by atoms with Gasteiger partial charge >= 0.3 is 0 Å². The molecule has 18 heavy (non-hydrogen) atoms. The molecule has 0 fully saturated rings. The summed E-state index contributed by atoms with van der Waals surface area (Å²) in [5.74, 6) is 1.15. The molecule has 1 aromatic heterocycles. The molecule has 1 heterocycles. The molecule has 0 aliphatic rings. The van der Waals surface area contributed by atoms with Gasteiger partial charge in [-0.2, -0.15) is 0 Å². The average molecular weight is 251 g/mol. The Morgan fingerprint density at radius 2 is 1.89 bits per heavy atom. The highest BCUT2D eigenvalue weighted by Crippen LogP contribution is 2.24. The number of hydrogen-bond donors (Lipinski definition) is 3. The number of nitrogens with two attached hydrogens (primary N) is 2. The van der Waals surface area contributed by atoms with Crippen LogP contribution in [0.4, 0.5) is 11.6 Å². The molecule has 6 nitrogen and oxygen atoms in total. The first kappa shape index (κ1) is 14.2. The smallest absolute Gasteiger partial charge is 0.239 e. The first-order valence-corrected chi connectivity index (χ1v) is 5.83. The van der Waals surface area contributed by atoms with Crippen LogP contribution in [0.15, 0.2) is 0 Å². The predicted octanol–water partition coefficient (Wildman–Crippen LogP) is 0.950. The van der Waals surface area contributed by atoms with Gasteiger partial charge in [-0.3, -0.25) is 4.79 Å². The van der Waals surface area contributed by atoms with Crippen molar-refractivity contribution in [2.45, 2.75) is 46.1 Å². The molecule has 5 N–H and O–H groups in total. The molecular formula is C12H21N5O. The van der Waals surface area contributed by atoms with Gasteiger partial charge in [0.25, 0.3) is 0 Å². The van der Waals surface area contributed by atoms with Crippen molar-refractivity contribution >= 4 is 17.5 Å². The van der Waals surface area contributed by atoms with Gasteiger partial charge in [-0.25, -0.2) is 9.97 Å². The molecular weight excluding hydrogens is 230 g/mol. The third-order valence-electron chi connectivity index (χ3n) is 2.63. The first-order valence-electron chi connectivity index (χ1n) is 5.83. The van der Waals surface area contributed by atoms with Crippen molar-refractivity contribution in [1.82, 2.24) is 9.97 Å². The van der Waals surface area contributed by atoms with E-state index < -0.39 is 11.9 Å². The van der Waals surface area contributed by atoms with Crippen LogP contribution in [-0.2, 0) is 10.2 Å². The van der Waals surface area contributed by atoms with Gasteiger partial charge < -0.3 is 16.8 Å². The van der Waals surface area contributed by atoms with E-state index in [-0.39, 0.29) is 5.41 Å². The molecule has 1 aromatic rings. The van der Waals surface area contributed by atoms with Crippen LogP contribution < -0.4 is 16.8 Å². The maximum Gasteiger partial charge on any atom is 0.239 e. The lowest BCUT2D eigenvalue weighted by atomic mass is 9.95. The normalized spacial score (nSPS) is 13.2. The molecule has 0 aromatic carbocycles. The number of primary amides is 1. The van der Waals surface area contributed by atoms with Gasteiger partial charge in [-0.1, -0.05) is 20.8 Å². The largest absolute Gasteiger partial charge is 0.383 e. The highest BCUT2D eigenvalue weighted by atomic mass is 16.1. The van der Waals surface area contributed by atoms with Gasteiger partial charge in [-0.15, -0.1) is 0 Å². The summed E-state index contributed by atoms with van der Waals surface area (Å²) >= 11 is 0. The van der Waals surface area contributed by atoms with Gasteiger partial charge in [0.2, 0.25) is 5.91 Å². The quantitative estimate of drug-likeness (QED) is 0.741. The Hall–Kier alpha value is -1.85. The van der Waals surface area contributed by atoms with E-state index in [4.69, 9.17) is 11.5 Å². The van der Waals surface area contributed by atoms with Crippen LogP contribution in [0.2, 0.25) is 0 Å². The number of carbonyl (C=O) groups is 1. The lowest BCUT2D eigenvalue weighted by molar-refractivity contribution is -0.118. The Morgan fingerprint density at radius 1 is 1.33 bits per heavy atom. The van der Waals surface area contributed by atoms with E-state index in [1.165, 1.54) is 0 Å². The topological polar surface area (TPSA) is 107 Å². The molecule has 0 spiro atoms. The van der Waals surface area contributed by atoms with Crippen LogP contribution in [0.3, 0.4) is 0 Å². The Balaban J connectivity index is 3.19. The zero-order valence-corrected chi connectivity index (χ0v) is 11.5. The van der Waals surface area contributed by atoms with Crippen molar-refractivity contribution in [3.63, 3.8) is 0 Å². The molecule has 1 rings (SSSR count). The lowest BCUT2D eigenvalue weighted by Gasteiger charge is -2.21. The lowest BCUT2D eigenvalue weighted by Crippen LogP contribution is -2.33. The van der Waals surface area contributed by atoms with Gasteiger partial charge in [0, 0.05) is 11.0 Å². The SMILES string of the molecule is Cc1c(N)nc(C(C)(C)C)nc1NC(C)C(N)=O. The highest BCUT2D eigenvalue weighted by molar-refractivity contribution is 5.82. The standard InChI is InChI=1S/C12H21N5O/c1-6-8(13)16-11(12(3,4)5)17-10(6)15-7(2)9(14)18/h7H,1-5H3,(H2,14,18)(H3,13,15,16,17). The molecule has 6 heteroatoms. The fraction of sp³-hybridized carbons (Fsp3) is 0.583. The molecule has 0 radical (unpaired) electrons. The van der Waals surface area contributed by atoms with E-state index in [0.29, 0.717) is 17.5 Å². The number of rotatable bonds is 3. The number of nitrogens with zero attached hydrogens (tertiary/aromatic N) is 2. The van der Waals surface area contributed by atoms with Crippen LogP contribution >= 0.6 is 0 Å². The third kappa shape index (κ3) is 3.09. The van der Waals surface area contributed by atoms with Crippen molar-refractivity contribution < 1.29 is 4.79 Å². The fourth-order valence-corrected chi connectivity index (χ4v) is 1.29. The van der Waals surface area contributed by atoms with Crippen LogP contribution in [0.1, 0.15) is 39.1 Å². The van der Waals surface area contributed by atoms with E-state index in [2.05, 4.69) is 15.3 Å². The maximum atomic E-state index is 11.1. The highest BCUT2D eigenvalue weighted by Gasteiger charge is 2.21. The van der Waals surface area contributed by atoms with Crippen molar-refractivity contribution in [2.24, 2.45) is 5.73 Å². The molecule has 1 atom stereocenters. The molecule has 1 unspecified atom stereocenters. The molecule has 0 aliphatic heterocycles. The van der Waals surface area contributed by atoms with Crippen molar-refractivity contribution in [3.8, 4) is 0 Å². The molecule has 0 saturated carbocycles. The molecule has 0 bridgehead atoms. The Labute approximate surface area is 107 Å². The Bertz CT molecular complexity index is 464. The Morgan fingerprint density at radius 3 is 2.33 bits per heavy atom. The predicted molar refractivity (Wildman–Crippen MR) is 72.2 cm³/mol. The second-order valence-corrected chi connectivity index (χ2v) is 5.42.